The Bertz CT molecular complexity index is 616. The molecule has 0 radical (unpaired) electrons. The molecule has 1 saturated heterocycles. The van der Waals surface area contributed by atoms with Gasteiger partial charge < -0.3 is 13.9 Å². The van der Waals surface area contributed by atoms with Crippen molar-refractivity contribution in [3.8, 4) is 0 Å². The number of rotatable bonds is 6. The lowest BCUT2D eigenvalue weighted by molar-refractivity contribution is -0.321. The molecule has 0 aliphatic carbocycles. The molecule has 3 rings (SSSR count). The van der Waals surface area contributed by atoms with E-state index in [-0.39, 0.29) is 17.8 Å². The maximum absolute atomic E-state index is 6.69. The van der Waals surface area contributed by atoms with Gasteiger partial charge in [-0.2, -0.15) is 0 Å². The average molecular weight is 361 g/mol. The average Bonchev–Trinajstić information content (AvgIpc) is 2.89. The van der Waals surface area contributed by atoms with Gasteiger partial charge in [-0.1, -0.05) is 71.9 Å². The molecule has 2 heterocycles. The van der Waals surface area contributed by atoms with Gasteiger partial charge >= 0.3 is 0 Å². The first-order valence-corrected chi connectivity index (χ1v) is 11.7. The van der Waals surface area contributed by atoms with E-state index in [1.165, 1.54) is 5.56 Å². The molecular formula is C21H32O3Si. The van der Waals surface area contributed by atoms with E-state index in [0.29, 0.717) is 22.6 Å². The summed E-state index contributed by atoms with van der Waals surface area (Å²) in [5, 5.41) is 0. The molecule has 0 unspecified atom stereocenters. The molecule has 25 heavy (non-hydrogen) atoms. The van der Waals surface area contributed by atoms with Gasteiger partial charge in [0.25, 0.3) is 14.3 Å². The van der Waals surface area contributed by atoms with Crippen LogP contribution in [0.2, 0.25) is 16.6 Å². The summed E-state index contributed by atoms with van der Waals surface area (Å²) in [6.07, 6.45) is 1.95. The smallest absolute Gasteiger partial charge is 0.264 e. The van der Waals surface area contributed by atoms with E-state index in [0.717, 1.165) is 0 Å². The molecule has 3 nitrogen and oxygen atoms in total. The zero-order chi connectivity index (χ0) is 18.4. The van der Waals surface area contributed by atoms with Crippen LogP contribution in [0.15, 0.2) is 42.4 Å². The minimum Gasteiger partial charge on any atom is -0.518 e. The van der Waals surface area contributed by atoms with Crippen LogP contribution in [0.4, 0.5) is 0 Å². The van der Waals surface area contributed by atoms with Gasteiger partial charge in [0, 0.05) is 6.08 Å². The monoisotopic (exact) mass is 360 g/mol. The molecule has 0 N–H and O–H groups in total. The van der Waals surface area contributed by atoms with Crippen LogP contribution in [0, 0.1) is 5.92 Å². The summed E-state index contributed by atoms with van der Waals surface area (Å²) in [6.45, 7) is 15.9. The van der Waals surface area contributed by atoms with Crippen molar-refractivity contribution in [3.05, 3.63) is 47.9 Å². The molecule has 4 heteroatoms. The van der Waals surface area contributed by atoms with Gasteiger partial charge in [0.15, 0.2) is 0 Å². The summed E-state index contributed by atoms with van der Waals surface area (Å²) in [4.78, 5) is 0. The molecule has 1 aromatic rings. The van der Waals surface area contributed by atoms with Crippen LogP contribution in [0.1, 0.15) is 54.0 Å². The highest BCUT2D eigenvalue weighted by Crippen LogP contribution is 2.53. The van der Waals surface area contributed by atoms with Crippen molar-refractivity contribution in [2.45, 2.75) is 77.0 Å². The molecule has 0 bridgehead atoms. The zero-order valence-electron chi connectivity index (χ0n) is 16.6. The molecule has 2 aliphatic rings. The second-order valence-corrected chi connectivity index (χ2v) is 13.9. The Balaban J connectivity index is 1.84. The molecule has 1 aromatic carbocycles. The highest BCUT2D eigenvalue weighted by molar-refractivity contribution is 6.77. The summed E-state index contributed by atoms with van der Waals surface area (Å²) >= 11 is 0. The van der Waals surface area contributed by atoms with Gasteiger partial charge in [-0.05, 0) is 29.1 Å². The van der Waals surface area contributed by atoms with E-state index >= 15 is 0 Å². The molecular weight excluding hydrogens is 328 g/mol. The number of hydrogen-bond acceptors (Lipinski definition) is 3. The Morgan fingerprint density at radius 2 is 1.52 bits per heavy atom. The molecule has 0 amide bonds. The number of benzene rings is 1. The topological polar surface area (TPSA) is 27.7 Å². The number of ether oxygens (including phenoxy) is 2. The fourth-order valence-corrected chi connectivity index (χ4v) is 10.0. The second kappa shape index (κ2) is 6.47. The SMILES string of the molecule is CC(C)[Si](OC1=C[C@H]2[C@@H](O1)O[C@]2(C)c1ccccc1)(C(C)C)C(C)C. The normalized spacial score (nSPS) is 28.6. The van der Waals surface area contributed by atoms with Crippen molar-refractivity contribution < 1.29 is 13.9 Å². The molecule has 0 saturated carbocycles. The van der Waals surface area contributed by atoms with E-state index in [9.17, 15) is 0 Å². The van der Waals surface area contributed by atoms with Crippen molar-refractivity contribution in [3.63, 3.8) is 0 Å². The largest absolute Gasteiger partial charge is 0.518 e. The van der Waals surface area contributed by atoms with E-state index in [1.54, 1.807) is 0 Å². The van der Waals surface area contributed by atoms with E-state index < -0.39 is 8.32 Å². The standard InChI is InChI=1S/C21H32O3Si/c1-14(2)25(15(3)4,16(5)6)24-19-13-18-20(22-19)23-21(18,7)17-11-9-8-10-12-17/h8-16,18,20H,1-7H3/t18-,20-,21+/m0/s1. The van der Waals surface area contributed by atoms with Gasteiger partial charge in [0.05, 0.1) is 5.92 Å². The predicted octanol–water partition coefficient (Wildman–Crippen LogP) is 5.94. The lowest BCUT2D eigenvalue weighted by Crippen LogP contribution is -2.53. The summed E-state index contributed by atoms with van der Waals surface area (Å²) in [6, 6.07) is 10.4. The van der Waals surface area contributed by atoms with Crippen LogP contribution in [0.5, 0.6) is 0 Å². The molecule has 2 aliphatic heterocycles. The van der Waals surface area contributed by atoms with Crippen molar-refractivity contribution in [1.29, 1.82) is 0 Å². The maximum Gasteiger partial charge on any atom is 0.264 e. The first kappa shape index (κ1) is 18.5. The fourth-order valence-electron chi connectivity index (χ4n) is 4.83. The number of fused-ring (bicyclic) bond motifs is 1. The molecule has 0 spiro atoms. The zero-order valence-corrected chi connectivity index (χ0v) is 17.6. The molecule has 138 valence electrons. The minimum absolute atomic E-state index is 0.210. The van der Waals surface area contributed by atoms with Gasteiger partial charge in [0.2, 0.25) is 6.29 Å². The van der Waals surface area contributed by atoms with Gasteiger partial charge in [-0.15, -0.1) is 0 Å². The van der Waals surface area contributed by atoms with Crippen LogP contribution < -0.4 is 0 Å². The lowest BCUT2D eigenvalue weighted by atomic mass is 9.78. The highest BCUT2D eigenvalue weighted by Gasteiger charge is 2.58. The second-order valence-electron chi connectivity index (χ2n) is 8.51. The van der Waals surface area contributed by atoms with Crippen molar-refractivity contribution in [2.24, 2.45) is 5.92 Å². The van der Waals surface area contributed by atoms with Crippen LogP contribution in [0.25, 0.3) is 0 Å². The Labute approximate surface area is 153 Å². The Morgan fingerprint density at radius 1 is 0.960 bits per heavy atom. The van der Waals surface area contributed by atoms with Crippen LogP contribution in [-0.4, -0.2) is 14.6 Å². The third-order valence-corrected chi connectivity index (χ3v) is 12.1. The molecule has 1 fully saturated rings. The molecule has 0 aromatic heterocycles. The third-order valence-electron chi connectivity index (χ3n) is 6.17. The van der Waals surface area contributed by atoms with E-state index in [1.807, 2.05) is 6.07 Å². The van der Waals surface area contributed by atoms with Crippen molar-refractivity contribution in [2.75, 3.05) is 0 Å². The van der Waals surface area contributed by atoms with Crippen molar-refractivity contribution in [1.82, 2.24) is 0 Å². The van der Waals surface area contributed by atoms with E-state index in [4.69, 9.17) is 13.9 Å². The number of hydrogen-bond donors (Lipinski definition) is 0. The van der Waals surface area contributed by atoms with Crippen LogP contribution in [-0.2, 0) is 19.5 Å². The maximum atomic E-state index is 6.69. The first-order valence-electron chi connectivity index (χ1n) is 9.52. The van der Waals surface area contributed by atoms with Gasteiger partial charge in [0.1, 0.15) is 5.60 Å². The van der Waals surface area contributed by atoms with Gasteiger partial charge in [-0.25, -0.2) is 0 Å². The summed E-state index contributed by atoms with van der Waals surface area (Å²) < 4.78 is 18.8. The Kier molecular flexibility index (Phi) is 4.80. The fraction of sp³-hybridized carbons (Fsp3) is 0.619. The minimum atomic E-state index is -2.00. The molecule has 3 atom stereocenters. The van der Waals surface area contributed by atoms with E-state index in [2.05, 4.69) is 78.8 Å². The Morgan fingerprint density at radius 3 is 2.04 bits per heavy atom. The quantitative estimate of drug-likeness (QED) is 0.588. The Hall–Kier alpha value is -1.26. The van der Waals surface area contributed by atoms with Crippen LogP contribution in [0.3, 0.4) is 0 Å². The lowest BCUT2D eigenvalue weighted by Gasteiger charge is -2.48. The first-order chi connectivity index (χ1) is 11.7. The van der Waals surface area contributed by atoms with Gasteiger partial charge in [-0.3, -0.25) is 0 Å². The predicted molar refractivity (Wildman–Crippen MR) is 103 cm³/mol. The van der Waals surface area contributed by atoms with Crippen LogP contribution >= 0.6 is 0 Å². The summed E-state index contributed by atoms with van der Waals surface area (Å²) in [5.74, 6) is 0.903. The highest BCUT2D eigenvalue weighted by atomic mass is 28.4. The summed E-state index contributed by atoms with van der Waals surface area (Å²) in [5.41, 5.74) is 2.44. The summed E-state index contributed by atoms with van der Waals surface area (Å²) in [7, 11) is -2.00. The third kappa shape index (κ3) is 2.83. The van der Waals surface area contributed by atoms with Crippen molar-refractivity contribution >= 4 is 8.32 Å².